The highest BCUT2D eigenvalue weighted by Crippen LogP contribution is 2.23. The number of carbonyl (C=O) groups excluding carboxylic acids is 1. The van der Waals surface area contributed by atoms with Gasteiger partial charge >= 0.3 is 0 Å². The van der Waals surface area contributed by atoms with Gasteiger partial charge in [0.1, 0.15) is 6.61 Å². The summed E-state index contributed by atoms with van der Waals surface area (Å²) >= 11 is 0. The van der Waals surface area contributed by atoms with Crippen LogP contribution in [0.2, 0.25) is 0 Å². The molecule has 0 aromatic heterocycles. The number of nitrogens with zero attached hydrogens (tertiary/aromatic N) is 1. The van der Waals surface area contributed by atoms with Gasteiger partial charge in [0.05, 0.1) is 6.10 Å². The van der Waals surface area contributed by atoms with Gasteiger partial charge in [0, 0.05) is 6.54 Å². The number of carbonyl (C=O) groups is 1. The predicted octanol–water partition coefficient (Wildman–Crippen LogP) is 0.233. The highest BCUT2D eigenvalue weighted by Gasteiger charge is 2.29. The first-order chi connectivity index (χ1) is 7.29. The van der Waals surface area contributed by atoms with Crippen LogP contribution in [0, 0.1) is 5.92 Å². The van der Waals surface area contributed by atoms with Gasteiger partial charge < -0.3 is 15.0 Å². The number of likely N-dealkylation sites (tertiary alicyclic amines) is 1. The van der Waals surface area contributed by atoms with E-state index in [0.29, 0.717) is 12.5 Å². The van der Waals surface area contributed by atoms with Crippen molar-refractivity contribution in [1.29, 1.82) is 0 Å². The number of morpholine rings is 1. The lowest BCUT2D eigenvalue weighted by Crippen LogP contribution is -2.48. The van der Waals surface area contributed by atoms with Crippen LogP contribution in [0.4, 0.5) is 0 Å². The lowest BCUT2D eigenvalue weighted by atomic mass is 9.90. The molecule has 0 radical (unpaired) electrons. The summed E-state index contributed by atoms with van der Waals surface area (Å²) in [5, 5.41) is 2.88. The molecule has 1 N–H and O–H groups in total. The Morgan fingerprint density at radius 2 is 2.20 bits per heavy atom. The molecule has 86 valence electrons. The monoisotopic (exact) mass is 212 g/mol. The maximum absolute atomic E-state index is 10.9. The standard InChI is InChI=1S/C11H20N2O2/c1-2-13-5-3-9(4-6-13)10-7-12-11(14)8-15-10/h9-10H,2-8H2,1H3,(H,12,14). The molecule has 2 rings (SSSR count). The summed E-state index contributed by atoms with van der Waals surface area (Å²) in [4.78, 5) is 13.4. The average Bonchev–Trinajstić information content (AvgIpc) is 2.30. The summed E-state index contributed by atoms with van der Waals surface area (Å²) in [6.45, 7) is 6.66. The Balaban J connectivity index is 1.78. The topological polar surface area (TPSA) is 41.6 Å². The molecule has 2 aliphatic rings. The van der Waals surface area contributed by atoms with Crippen LogP contribution in [0.1, 0.15) is 19.8 Å². The Hall–Kier alpha value is -0.610. The number of hydrogen-bond acceptors (Lipinski definition) is 3. The van der Waals surface area contributed by atoms with Gasteiger partial charge in [-0.1, -0.05) is 6.92 Å². The van der Waals surface area contributed by atoms with Gasteiger partial charge in [0.15, 0.2) is 0 Å². The molecule has 1 unspecified atom stereocenters. The molecule has 15 heavy (non-hydrogen) atoms. The summed E-state index contributed by atoms with van der Waals surface area (Å²) in [5.41, 5.74) is 0. The van der Waals surface area contributed by atoms with Crippen molar-refractivity contribution in [3.63, 3.8) is 0 Å². The Kier molecular flexibility index (Phi) is 3.59. The highest BCUT2D eigenvalue weighted by molar-refractivity contribution is 5.77. The third-order valence-corrected chi connectivity index (χ3v) is 3.53. The smallest absolute Gasteiger partial charge is 0.246 e. The molecule has 0 aliphatic carbocycles. The molecule has 4 heteroatoms. The molecule has 2 saturated heterocycles. The first-order valence-electron chi connectivity index (χ1n) is 5.90. The number of hydrogen-bond donors (Lipinski definition) is 1. The molecule has 2 aliphatic heterocycles. The molecule has 1 amide bonds. The predicted molar refractivity (Wildman–Crippen MR) is 57.6 cm³/mol. The fourth-order valence-corrected chi connectivity index (χ4v) is 2.45. The van der Waals surface area contributed by atoms with Gasteiger partial charge in [0.2, 0.25) is 5.91 Å². The zero-order valence-electron chi connectivity index (χ0n) is 9.37. The Morgan fingerprint density at radius 1 is 1.47 bits per heavy atom. The zero-order valence-corrected chi connectivity index (χ0v) is 9.37. The molecule has 2 heterocycles. The van der Waals surface area contributed by atoms with E-state index in [1.54, 1.807) is 0 Å². The summed E-state index contributed by atoms with van der Waals surface area (Å²) in [6.07, 6.45) is 2.66. The molecule has 0 aromatic rings. The molecule has 4 nitrogen and oxygen atoms in total. The Labute approximate surface area is 91.0 Å². The van der Waals surface area contributed by atoms with Crippen molar-refractivity contribution < 1.29 is 9.53 Å². The van der Waals surface area contributed by atoms with Crippen LogP contribution in [0.15, 0.2) is 0 Å². The van der Waals surface area contributed by atoms with Crippen LogP contribution in [0.5, 0.6) is 0 Å². The van der Waals surface area contributed by atoms with Crippen molar-refractivity contribution in [3.8, 4) is 0 Å². The second-order valence-corrected chi connectivity index (χ2v) is 4.43. The van der Waals surface area contributed by atoms with Gasteiger partial charge in [-0.15, -0.1) is 0 Å². The number of piperidine rings is 1. The van der Waals surface area contributed by atoms with Crippen LogP contribution in [0.3, 0.4) is 0 Å². The molecule has 0 bridgehead atoms. The second kappa shape index (κ2) is 4.94. The van der Waals surface area contributed by atoms with Crippen LogP contribution >= 0.6 is 0 Å². The number of rotatable bonds is 2. The number of ether oxygens (including phenoxy) is 1. The van der Waals surface area contributed by atoms with E-state index in [0.717, 1.165) is 6.54 Å². The van der Waals surface area contributed by atoms with Crippen molar-refractivity contribution in [1.82, 2.24) is 10.2 Å². The van der Waals surface area contributed by atoms with Crippen LogP contribution in [0.25, 0.3) is 0 Å². The third-order valence-electron chi connectivity index (χ3n) is 3.53. The maximum atomic E-state index is 10.9. The number of amides is 1. The summed E-state index contributed by atoms with van der Waals surface area (Å²) < 4.78 is 5.57. The highest BCUT2D eigenvalue weighted by atomic mass is 16.5. The van der Waals surface area contributed by atoms with E-state index in [2.05, 4.69) is 17.1 Å². The van der Waals surface area contributed by atoms with E-state index in [-0.39, 0.29) is 18.6 Å². The minimum atomic E-state index is 0.0252. The maximum Gasteiger partial charge on any atom is 0.246 e. The Morgan fingerprint density at radius 3 is 2.73 bits per heavy atom. The van der Waals surface area contributed by atoms with Gasteiger partial charge in [-0.3, -0.25) is 4.79 Å². The lowest BCUT2D eigenvalue weighted by Gasteiger charge is -2.36. The van der Waals surface area contributed by atoms with Gasteiger partial charge in [-0.2, -0.15) is 0 Å². The van der Waals surface area contributed by atoms with Gasteiger partial charge in [-0.05, 0) is 38.4 Å². The van der Waals surface area contributed by atoms with Gasteiger partial charge in [0.25, 0.3) is 0 Å². The SMILES string of the molecule is CCN1CCC(C2CNC(=O)CO2)CC1. The molecular weight excluding hydrogens is 192 g/mol. The van der Waals surface area contributed by atoms with E-state index in [1.165, 1.54) is 25.9 Å². The summed E-state index contributed by atoms with van der Waals surface area (Å²) in [5.74, 6) is 0.658. The molecule has 0 spiro atoms. The largest absolute Gasteiger partial charge is 0.366 e. The van der Waals surface area contributed by atoms with Crippen LogP contribution < -0.4 is 5.32 Å². The van der Waals surface area contributed by atoms with Crippen molar-refractivity contribution in [2.75, 3.05) is 32.8 Å². The fourth-order valence-electron chi connectivity index (χ4n) is 2.45. The van der Waals surface area contributed by atoms with E-state index < -0.39 is 0 Å². The van der Waals surface area contributed by atoms with Crippen molar-refractivity contribution in [2.45, 2.75) is 25.9 Å². The minimum Gasteiger partial charge on any atom is -0.366 e. The van der Waals surface area contributed by atoms with Gasteiger partial charge in [-0.25, -0.2) is 0 Å². The normalized spacial score (nSPS) is 30.2. The summed E-state index contributed by atoms with van der Waals surface area (Å²) in [6, 6.07) is 0. The van der Waals surface area contributed by atoms with E-state index in [9.17, 15) is 4.79 Å². The zero-order chi connectivity index (χ0) is 10.7. The first kappa shape index (κ1) is 10.9. The van der Waals surface area contributed by atoms with E-state index in [4.69, 9.17) is 4.74 Å². The summed E-state index contributed by atoms with van der Waals surface area (Å²) in [7, 11) is 0. The van der Waals surface area contributed by atoms with Crippen LogP contribution in [-0.2, 0) is 9.53 Å². The first-order valence-corrected chi connectivity index (χ1v) is 5.90. The average molecular weight is 212 g/mol. The minimum absolute atomic E-state index is 0.0252. The molecule has 0 aromatic carbocycles. The van der Waals surface area contributed by atoms with Crippen molar-refractivity contribution >= 4 is 5.91 Å². The lowest BCUT2D eigenvalue weighted by molar-refractivity contribution is -0.136. The molecule has 1 atom stereocenters. The van der Waals surface area contributed by atoms with Crippen molar-refractivity contribution in [3.05, 3.63) is 0 Å². The third kappa shape index (κ3) is 2.69. The van der Waals surface area contributed by atoms with E-state index >= 15 is 0 Å². The quantitative estimate of drug-likeness (QED) is 0.712. The Bertz CT molecular complexity index is 215. The second-order valence-electron chi connectivity index (χ2n) is 4.43. The molecule has 2 fully saturated rings. The fraction of sp³-hybridized carbons (Fsp3) is 0.909. The number of nitrogens with one attached hydrogen (secondary N) is 1. The van der Waals surface area contributed by atoms with Crippen LogP contribution in [-0.4, -0.2) is 49.7 Å². The van der Waals surface area contributed by atoms with Crippen molar-refractivity contribution in [2.24, 2.45) is 5.92 Å². The molecular formula is C11H20N2O2. The van der Waals surface area contributed by atoms with E-state index in [1.807, 2.05) is 0 Å². The molecule has 0 saturated carbocycles.